The molecular formula is C22H14O3. The molecule has 0 saturated heterocycles. The van der Waals surface area contributed by atoms with E-state index in [-0.39, 0.29) is 5.63 Å². The van der Waals surface area contributed by atoms with Gasteiger partial charge in [-0.2, -0.15) is 0 Å². The summed E-state index contributed by atoms with van der Waals surface area (Å²) in [6, 6.07) is 19.8. The highest BCUT2D eigenvalue weighted by atomic mass is 16.4. The molecule has 0 unspecified atom stereocenters. The Bertz CT molecular complexity index is 1310. The SMILES string of the molecule is Cc1c2occ(-c3ccccc3)c2cc2c1oc(=O)c1ccccc12. The average Bonchev–Trinajstić information content (AvgIpc) is 3.08. The minimum Gasteiger partial charge on any atom is -0.463 e. The molecule has 5 aromatic rings. The summed E-state index contributed by atoms with van der Waals surface area (Å²) in [7, 11) is 0. The van der Waals surface area contributed by atoms with Crippen LogP contribution < -0.4 is 5.63 Å². The van der Waals surface area contributed by atoms with Crippen LogP contribution in [0.25, 0.3) is 43.8 Å². The monoisotopic (exact) mass is 326 g/mol. The Morgan fingerprint density at radius 3 is 2.28 bits per heavy atom. The van der Waals surface area contributed by atoms with Crippen LogP contribution in [0.3, 0.4) is 0 Å². The second-order valence-corrected chi connectivity index (χ2v) is 6.21. The molecule has 5 rings (SSSR count). The smallest absolute Gasteiger partial charge is 0.344 e. The number of aryl methyl sites for hydroxylation is 1. The van der Waals surface area contributed by atoms with Gasteiger partial charge in [-0.25, -0.2) is 4.79 Å². The Hall–Kier alpha value is -3.33. The van der Waals surface area contributed by atoms with Crippen LogP contribution in [0.2, 0.25) is 0 Å². The van der Waals surface area contributed by atoms with E-state index >= 15 is 0 Å². The van der Waals surface area contributed by atoms with Gasteiger partial charge in [0.15, 0.2) is 0 Å². The molecule has 0 aliphatic heterocycles. The minimum absolute atomic E-state index is 0.319. The van der Waals surface area contributed by atoms with E-state index in [1.54, 1.807) is 12.3 Å². The molecule has 25 heavy (non-hydrogen) atoms. The van der Waals surface area contributed by atoms with Crippen LogP contribution in [0.5, 0.6) is 0 Å². The topological polar surface area (TPSA) is 43.4 Å². The van der Waals surface area contributed by atoms with Crippen LogP contribution in [-0.4, -0.2) is 0 Å². The summed E-state index contributed by atoms with van der Waals surface area (Å²) in [6.45, 7) is 1.93. The van der Waals surface area contributed by atoms with Gasteiger partial charge in [0, 0.05) is 21.9 Å². The van der Waals surface area contributed by atoms with Crippen LogP contribution in [0.4, 0.5) is 0 Å². The van der Waals surface area contributed by atoms with Gasteiger partial charge in [-0.05, 0) is 30.0 Å². The van der Waals surface area contributed by atoms with Crippen LogP contribution in [0, 0.1) is 6.92 Å². The van der Waals surface area contributed by atoms with E-state index in [1.165, 1.54) is 0 Å². The summed E-state index contributed by atoms with van der Waals surface area (Å²) >= 11 is 0. The summed E-state index contributed by atoms with van der Waals surface area (Å²) in [4.78, 5) is 12.3. The van der Waals surface area contributed by atoms with Crippen LogP contribution in [0.15, 0.2) is 80.6 Å². The maximum atomic E-state index is 12.3. The van der Waals surface area contributed by atoms with Crippen molar-refractivity contribution in [2.24, 2.45) is 0 Å². The van der Waals surface area contributed by atoms with Crippen molar-refractivity contribution in [1.29, 1.82) is 0 Å². The van der Waals surface area contributed by atoms with E-state index in [4.69, 9.17) is 8.83 Å². The fourth-order valence-corrected chi connectivity index (χ4v) is 3.53. The first-order valence-electron chi connectivity index (χ1n) is 8.16. The molecule has 3 aromatic carbocycles. The number of rotatable bonds is 1. The lowest BCUT2D eigenvalue weighted by Gasteiger charge is -2.06. The van der Waals surface area contributed by atoms with Crippen LogP contribution >= 0.6 is 0 Å². The Balaban J connectivity index is 1.98. The molecule has 120 valence electrons. The van der Waals surface area contributed by atoms with Gasteiger partial charge in [0.1, 0.15) is 11.2 Å². The first kappa shape index (κ1) is 14.1. The van der Waals surface area contributed by atoms with Gasteiger partial charge in [0.25, 0.3) is 0 Å². The third-order valence-electron chi connectivity index (χ3n) is 4.76. The molecule has 2 heterocycles. The maximum Gasteiger partial charge on any atom is 0.344 e. The second-order valence-electron chi connectivity index (χ2n) is 6.21. The van der Waals surface area contributed by atoms with Crippen molar-refractivity contribution in [3.63, 3.8) is 0 Å². The van der Waals surface area contributed by atoms with E-state index in [0.29, 0.717) is 11.0 Å². The van der Waals surface area contributed by atoms with E-state index < -0.39 is 0 Å². The van der Waals surface area contributed by atoms with Crippen molar-refractivity contribution in [3.05, 3.63) is 82.9 Å². The van der Waals surface area contributed by atoms with Crippen molar-refractivity contribution >= 4 is 32.7 Å². The molecule has 0 spiro atoms. The Morgan fingerprint density at radius 1 is 0.760 bits per heavy atom. The van der Waals surface area contributed by atoms with E-state index in [0.717, 1.165) is 38.4 Å². The second kappa shape index (κ2) is 5.08. The van der Waals surface area contributed by atoms with Crippen molar-refractivity contribution in [2.45, 2.75) is 6.92 Å². The maximum absolute atomic E-state index is 12.3. The van der Waals surface area contributed by atoms with Gasteiger partial charge in [-0.3, -0.25) is 0 Å². The summed E-state index contributed by atoms with van der Waals surface area (Å²) < 4.78 is 11.4. The van der Waals surface area contributed by atoms with Crippen molar-refractivity contribution in [2.75, 3.05) is 0 Å². The zero-order valence-corrected chi connectivity index (χ0v) is 13.6. The third-order valence-corrected chi connectivity index (χ3v) is 4.76. The van der Waals surface area contributed by atoms with E-state index in [9.17, 15) is 4.79 Å². The molecule has 0 aliphatic carbocycles. The lowest BCUT2D eigenvalue weighted by Crippen LogP contribution is -2.00. The van der Waals surface area contributed by atoms with E-state index in [1.807, 2.05) is 43.3 Å². The summed E-state index contributed by atoms with van der Waals surface area (Å²) in [5.41, 5.74) is 4.01. The summed E-state index contributed by atoms with van der Waals surface area (Å²) in [5, 5.41) is 3.45. The van der Waals surface area contributed by atoms with E-state index in [2.05, 4.69) is 18.2 Å². The van der Waals surface area contributed by atoms with Gasteiger partial charge in [0.05, 0.1) is 11.6 Å². The largest absolute Gasteiger partial charge is 0.463 e. The predicted octanol–water partition coefficient (Wildman–Crippen LogP) is 5.67. The van der Waals surface area contributed by atoms with Gasteiger partial charge in [-0.15, -0.1) is 0 Å². The highest BCUT2D eigenvalue weighted by Crippen LogP contribution is 2.37. The average molecular weight is 326 g/mol. The molecule has 0 aliphatic rings. The van der Waals surface area contributed by atoms with Gasteiger partial charge >= 0.3 is 5.63 Å². The minimum atomic E-state index is -0.319. The number of furan rings is 1. The molecule has 0 atom stereocenters. The zero-order valence-electron chi connectivity index (χ0n) is 13.6. The van der Waals surface area contributed by atoms with Gasteiger partial charge in [0.2, 0.25) is 0 Å². The van der Waals surface area contributed by atoms with Crippen molar-refractivity contribution in [1.82, 2.24) is 0 Å². The number of hydrogen-bond donors (Lipinski definition) is 0. The fraction of sp³-hybridized carbons (Fsp3) is 0.0455. The highest BCUT2D eigenvalue weighted by molar-refractivity contribution is 6.12. The van der Waals surface area contributed by atoms with Crippen molar-refractivity contribution in [3.8, 4) is 11.1 Å². The Labute approximate surface area is 143 Å². The first-order valence-corrected chi connectivity index (χ1v) is 8.16. The molecule has 0 saturated carbocycles. The number of benzene rings is 3. The first-order chi connectivity index (χ1) is 12.2. The van der Waals surface area contributed by atoms with Gasteiger partial charge < -0.3 is 8.83 Å². The molecule has 0 amide bonds. The Morgan fingerprint density at radius 2 is 1.48 bits per heavy atom. The lowest BCUT2D eigenvalue weighted by atomic mass is 9.99. The lowest BCUT2D eigenvalue weighted by molar-refractivity contribution is 0.564. The Kier molecular flexibility index (Phi) is 2.86. The molecule has 0 radical (unpaired) electrons. The molecule has 3 heteroatoms. The number of hydrogen-bond acceptors (Lipinski definition) is 3. The third kappa shape index (κ3) is 1.96. The van der Waals surface area contributed by atoms with Gasteiger partial charge in [-0.1, -0.05) is 48.5 Å². The summed E-state index contributed by atoms with van der Waals surface area (Å²) in [6.07, 6.45) is 1.77. The molecule has 2 aromatic heterocycles. The standard InChI is InChI=1S/C22H14O3/c1-13-20-18(19(12-24-20)14-7-3-2-4-8-14)11-17-15-9-5-6-10-16(15)22(23)25-21(13)17/h2-12H,1H3. The molecular weight excluding hydrogens is 312 g/mol. The van der Waals surface area contributed by atoms with Crippen LogP contribution in [-0.2, 0) is 0 Å². The normalized spacial score (nSPS) is 11.6. The fourth-order valence-electron chi connectivity index (χ4n) is 3.53. The molecule has 0 fully saturated rings. The molecule has 0 N–H and O–H groups in total. The highest BCUT2D eigenvalue weighted by Gasteiger charge is 2.17. The number of fused-ring (bicyclic) bond motifs is 4. The quantitative estimate of drug-likeness (QED) is 0.294. The van der Waals surface area contributed by atoms with Crippen molar-refractivity contribution < 1.29 is 8.83 Å². The molecule has 0 bridgehead atoms. The zero-order chi connectivity index (χ0) is 17.0. The summed E-state index contributed by atoms with van der Waals surface area (Å²) in [5.74, 6) is 0. The molecule has 3 nitrogen and oxygen atoms in total. The van der Waals surface area contributed by atoms with Crippen LogP contribution in [0.1, 0.15) is 5.56 Å². The predicted molar refractivity (Wildman–Crippen MR) is 99.9 cm³/mol.